The standard InChI is InChI=1S/C17H17ClN2O2S/c18-13-7-4-6-12(9-13)16(19)20-22-17(21)15-10-11-5-2-1-3-8-14(11)23-15/h4,6-7,9-10H,1-3,5,8H2,(H2,19,20). The minimum Gasteiger partial charge on any atom is -0.380 e. The van der Waals surface area contributed by atoms with Crippen LogP contribution in [0.4, 0.5) is 0 Å². The maximum Gasteiger partial charge on any atom is 0.375 e. The van der Waals surface area contributed by atoms with E-state index >= 15 is 0 Å². The molecule has 0 saturated carbocycles. The first kappa shape index (κ1) is 16.0. The van der Waals surface area contributed by atoms with E-state index in [0.29, 0.717) is 15.5 Å². The number of carbonyl (C=O) groups excluding carboxylic acids is 1. The van der Waals surface area contributed by atoms with Crippen molar-refractivity contribution in [2.75, 3.05) is 0 Å². The molecule has 0 unspecified atom stereocenters. The molecule has 23 heavy (non-hydrogen) atoms. The molecule has 0 bridgehead atoms. The van der Waals surface area contributed by atoms with Crippen molar-refractivity contribution in [2.45, 2.75) is 32.1 Å². The molecule has 1 aromatic heterocycles. The molecular weight excluding hydrogens is 332 g/mol. The molecule has 0 fully saturated rings. The quantitative estimate of drug-likeness (QED) is 0.298. The number of nitrogens with zero attached hydrogens (tertiary/aromatic N) is 1. The molecule has 0 amide bonds. The molecule has 0 aliphatic heterocycles. The van der Waals surface area contributed by atoms with Gasteiger partial charge < -0.3 is 10.6 Å². The van der Waals surface area contributed by atoms with Crippen LogP contribution in [0.2, 0.25) is 5.02 Å². The first-order chi connectivity index (χ1) is 11.1. The van der Waals surface area contributed by atoms with Gasteiger partial charge in [0.1, 0.15) is 4.88 Å². The Morgan fingerprint density at radius 3 is 2.87 bits per heavy atom. The lowest BCUT2D eigenvalue weighted by molar-refractivity contribution is 0.0521. The first-order valence-electron chi connectivity index (χ1n) is 7.56. The number of oxime groups is 1. The van der Waals surface area contributed by atoms with Crippen LogP contribution in [0.3, 0.4) is 0 Å². The van der Waals surface area contributed by atoms with Gasteiger partial charge in [-0.25, -0.2) is 4.79 Å². The molecule has 1 aromatic carbocycles. The van der Waals surface area contributed by atoms with Gasteiger partial charge in [0, 0.05) is 15.5 Å². The van der Waals surface area contributed by atoms with E-state index in [4.69, 9.17) is 22.2 Å². The number of hydrogen-bond donors (Lipinski definition) is 1. The normalized spacial score (nSPS) is 14.9. The molecule has 3 rings (SSSR count). The van der Waals surface area contributed by atoms with Crippen molar-refractivity contribution in [1.29, 1.82) is 0 Å². The van der Waals surface area contributed by atoms with Gasteiger partial charge in [0.2, 0.25) is 0 Å². The molecule has 4 nitrogen and oxygen atoms in total. The van der Waals surface area contributed by atoms with Gasteiger partial charge in [-0.3, -0.25) is 0 Å². The van der Waals surface area contributed by atoms with Gasteiger partial charge in [0.25, 0.3) is 0 Å². The smallest absolute Gasteiger partial charge is 0.375 e. The van der Waals surface area contributed by atoms with Crippen LogP contribution in [0.5, 0.6) is 0 Å². The third-order valence-electron chi connectivity index (χ3n) is 3.80. The monoisotopic (exact) mass is 348 g/mol. The third kappa shape index (κ3) is 3.92. The molecular formula is C17H17ClN2O2S. The molecule has 1 heterocycles. The summed E-state index contributed by atoms with van der Waals surface area (Å²) in [6.07, 6.45) is 5.69. The zero-order chi connectivity index (χ0) is 16.2. The summed E-state index contributed by atoms with van der Waals surface area (Å²) in [4.78, 5) is 19.0. The summed E-state index contributed by atoms with van der Waals surface area (Å²) in [5.74, 6) is -0.341. The average molecular weight is 349 g/mol. The Labute approximate surface area is 143 Å². The summed E-state index contributed by atoms with van der Waals surface area (Å²) < 4.78 is 0. The number of benzene rings is 1. The van der Waals surface area contributed by atoms with Gasteiger partial charge in [-0.2, -0.15) is 0 Å². The molecule has 0 radical (unpaired) electrons. The zero-order valence-corrected chi connectivity index (χ0v) is 14.1. The summed E-state index contributed by atoms with van der Waals surface area (Å²) in [7, 11) is 0. The maximum absolute atomic E-state index is 12.2. The Kier molecular flexibility index (Phi) is 4.98. The van der Waals surface area contributed by atoms with Gasteiger partial charge in [-0.15, -0.1) is 11.3 Å². The predicted molar refractivity (Wildman–Crippen MR) is 93.2 cm³/mol. The van der Waals surface area contributed by atoms with Crippen LogP contribution < -0.4 is 5.73 Å². The van der Waals surface area contributed by atoms with Crippen LogP contribution in [0.15, 0.2) is 35.5 Å². The van der Waals surface area contributed by atoms with E-state index in [1.807, 2.05) is 6.07 Å². The number of halogens is 1. The highest BCUT2D eigenvalue weighted by Gasteiger charge is 2.17. The molecule has 2 aromatic rings. The molecule has 1 aliphatic carbocycles. The van der Waals surface area contributed by atoms with Crippen LogP contribution in [-0.2, 0) is 17.7 Å². The Morgan fingerprint density at radius 2 is 2.04 bits per heavy atom. The highest BCUT2D eigenvalue weighted by Crippen LogP contribution is 2.29. The van der Waals surface area contributed by atoms with E-state index in [2.05, 4.69) is 5.16 Å². The molecule has 0 spiro atoms. The Bertz CT molecular complexity index is 731. The van der Waals surface area contributed by atoms with Crippen molar-refractivity contribution >= 4 is 34.7 Å². The van der Waals surface area contributed by atoms with Crippen LogP contribution in [0, 0.1) is 0 Å². The van der Waals surface area contributed by atoms with E-state index in [0.717, 1.165) is 12.8 Å². The van der Waals surface area contributed by atoms with Crippen LogP contribution in [0.25, 0.3) is 0 Å². The van der Waals surface area contributed by atoms with Gasteiger partial charge in [0.15, 0.2) is 5.84 Å². The fourth-order valence-electron chi connectivity index (χ4n) is 2.60. The van der Waals surface area contributed by atoms with Crippen molar-refractivity contribution in [1.82, 2.24) is 0 Å². The lowest BCUT2D eigenvalue weighted by Crippen LogP contribution is -2.15. The van der Waals surface area contributed by atoms with Crippen LogP contribution in [0.1, 0.15) is 44.9 Å². The van der Waals surface area contributed by atoms with Gasteiger partial charge in [-0.05, 0) is 49.4 Å². The second-order valence-electron chi connectivity index (χ2n) is 5.49. The number of aryl methyl sites for hydroxylation is 2. The minimum absolute atomic E-state index is 0.124. The van der Waals surface area contributed by atoms with E-state index in [1.54, 1.807) is 24.3 Å². The molecule has 0 atom stereocenters. The van der Waals surface area contributed by atoms with Crippen LogP contribution in [-0.4, -0.2) is 11.8 Å². The second kappa shape index (κ2) is 7.15. The number of rotatable bonds is 3. The Balaban J connectivity index is 1.71. The molecule has 0 saturated heterocycles. The highest BCUT2D eigenvalue weighted by atomic mass is 35.5. The SMILES string of the molecule is NC(=NOC(=O)c1cc2c(s1)CCCCC2)c1cccc(Cl)c1. The minimum atomic E-state index is -0.465. The van der Waals surface area contributed by atoms with Gasteiger partial charge >= 0.3 is 5.97 Å². The van der Waals surface area contributed by atoms with Crippen molar-refractivity contribution in [3.63, 3.8) is 0 Å². The van der Waals surface area contributed by atoms with Crippen molar-refractivity contribution in [3.8, 4) is 0 Å². The Morgan fingerprint density at radius 1 is 1.22 bits per heavy atom. The Hall–Kier alpha value is -1.85. The summed E-state index contributed by atoms with van der Waals surface area (Å²) in [5.41, 5.74) is 7.71. The van der Waals surface area contributed by atoms with Crippen LogP contribution >= 0.6 is 22.9 Å². The van der Waals surface area contributed by atoms with E-state index in [-0.39, 0.29) is 5.84 Å². The van der Waals surface area contributed by atoms with Crippen molar-refractivity contribution in [2.24, 2.45) is 10.9 Å². The topological polar surface area (TPSA) is 64.7 Å². The number of carbonyl (C=O) groups is 1. The number of fused-ring (bicyclic) bond motifs is 1. The third-order valence-corrected chi connectivity index (χ3v) is 5.25. The van der Waals surface area contributed by atoms with E-state index in [9.17, 15) is 4.79 Å². The maximum atomic E-state index is 12.2. The van der Waals surface area contributed by atoms with Gasteiger partial charge in [0.05, 0.1) is 0 Å². The molecule has 120 valence electrons. The lowest BCUT2D eigenvalue weighted by atomic mass is 10.1. The van der Waals surface area contributed by atoms with Crippen molar-refractivity contribution < 1.29 is 9.63 Å². The zero-order valence-electron chi connectivity index (χ0n) is 12.5. The summed E-state index contributed by atoms with van der Waals surface area (Å²) in [5, 5.41) is 4.28. The lowest BCUT2D eigenvalue weighted by Gasteiger charge is -2.00. The summed E-state index contributed by atoms with van der Waals surface area (Å²) >= 11 is 7.40. The highest BCUT2D eigenvalue weighted by molar-refractivity contribution is 7.14. The number of amidine groups is 1. The largest absolute Gasteiger partial charge is 0.380 e. The fourth-order valence-corrected chi connectivity index (χ4v) is 3.92. The number of hydrogen-bond acceptors (Lipinski definition) is 4. The summed E-state index contributed by atoms with van der Waals surface area (Å²) in [6, 6.07) is 8.85. The van der Waals surface area contributed by atoms with E-state index in [1.165, 1.54) is 41.0 Å². The molecule has 2 N–H and O–H groups in total. The van der Waals surface area contributed by atoms with Crippen molar-refractivity contribution in [3.05, 3.63) is 56.2 Å². The molecule has 1 aliphatic rings. The average Bonchev–Trinajstić information content (AvgIpc) is 2.83. The predicted octanol–water partition coefficient (Wildman–Crippen LogP) is 4.15. The number of nitrogens with two attached hydrogens (primary N) is 1. The summed E-state index contributed by atoms with van der Waals surface area (Å²) in [6.45, 7) is 0. The second-order valence-corrected chi connectivity index (χ2v) is 7.06. The molecule has 6 heteroatoms. The fraction of sp³-hybridized carbons (Fsp3) is 0.294. The van der Waals surface area contributed by atoms with E-state index < -0.39 is 5.97 Å². The first-order valence-corrected chi connectivity index (χ1v) is 8.75. The number of thiophene rings is 1. The van der Waals surface area contributed by atoms with Gasteiger partial charge in [-0.1, -0.05) is 35.3 Å².